The van der Waals surface area contributed by atoms with Gasteiger partial charge in [0.15, 0.2) is 11.5 Å². The van der Waals surface area contributed by atoms with Crippen molar-refractivity contribution in [2.75, 3.05) is 60.1 Å². The molecule has 1 N–H and O–H groups in total. The summed E-state index contributed by atoms with van der Waals surface area (Å²) < 4.78 is 16.3. The standard InChI is InChI=1S/C27H38N4O6/c1-5-31-20(17-29-12-14-30(15-13-29)25(32)18-8-7-9-18)23(26(33)37-6-2)24(28-27(31)34)19-10-11-21(35-3)22(16-19)36-4/h10-11,16,18,24H,5-9,12-15,17H2,1-4H3,(H,28,34)/t24-/m1/s1. The molecule has 1 aliphatic carbocycles. The van der Waals surface area contributed by atoms with Gasteiger partial charge in [-0.1, -0.05) is 12.5 Å². The number of nitrogens with zero attached hydrogens (tertiary/aromatic N) is 3. The summed E-state index contributed by atoms with van der Waals surface area (Å²) in [5.74, 6) is 1.04. The van der Waals surface area contributed by atoms with Gasteiger partial charge in [0.1, 0.15) is 0 Å². The average Bonchev–Trinajstić information content (AvgIpc) is 2.87. The van der Waals surface area contributed by atoms with Crippen LogP contribution in [-0.4, -0.2) is 92.7 Å². The van der Waals surface area contributed by atoms with Crippen LogP contribution in [-0.2, 0) is 14.3 Å². The van der Waals surface area contributed by atoms with Crippen molar-refractivity contribution in [3.8, 4) is 11.5 Å². The van der Waals surface area contributed by atoms with Crippen molar-refractivity contribution in [2.24, 2.45) is 5.92 Å². The van der Waals surface area contributed by atoms with E-state index in [9.17, 15) is 14.4 Å². The highest BCUT2D eigenvalue weighted by molar-refractivity contribution is 5.95. The lowest BCUT2D eigenvalue weighted by Crippen LogP contribution is -2.54. The third-order valence-electron chi connectivity index (χ3n) is 7.50. The molecule has 1 saturated carbocycles. The summed E-state index contributed by atoms with van der Waals surface area (Å²) >= 11 is 0. The van der Waals surface area contributed by atoms with Gasteiger partial charge < -0.3 is 24.4 Å². The number of carbonyl (C=O) groups excluding carboxylic acids is 3. The lowest BCUT2D eigenvalue weighted by atomic mass is 9.84. The Hall–Kier alpha value is -3.27. The number of hydrogen-bond donors (Lipinski definition) is 1. The molecule has 2 fully saturated rings. The Bertz CT molecular complexity index is 1050. The van der Waals surface area contributed by atoms with E-state index in [4.69, 9.17) is 14.2 Å². The quantitative estimate of drug-likeness (QED) is 0.506. The van der Waals surface area contributed by atoms with Crippen LogP contribution in [0.4, 0.5) is 4.79 Å². The minimum Gasteiger partial charge on any atom is -0.493 e. The van der Waals surface area contributed by atoms with E-state index in [2.05, 4.69) is 10.2 Å². The molecule has 0 unspecified atom stereocenters. The molecule has 0 aromatic heterocycles. The van der Waals surface area contributed by atoms with Gasteiger partial charge in [-0.25, -0.2) is 9.59 Å². The van der Waals surface area contributed by atoms with E-state index < -0.39 is 12.0 Å². The van der Waals surface area contributed by atoms with Crippen molar-refractivity contribution in [3.63, 3.8) is 0 Å². The summed E-state index contributed by atoms with van der Waals surface area (Å²) in [7, 11) is 3.10. The molecule has 3 aliphatic rings. The molecule has 10 nitrogen and oxygen atoms in total. The third kappa shape index (κ3) is 5.53. The fourth-order valence-electron chi connectivity index (χ4n) is 5.19. The number of likely N-dealkylation sites (N-methyl/N-ethyl adjacent to an activating group) is 1. The first-order valence-electron chi connectivity index (χ1n) is 13.1. The summed E-state index contributed by atoms with van der Waals surface area (Å²) in [5.41, 5.74) is 1.73. The number of nitrogens with one attached hydrogen (secondary N) is 1. The second-order valence-electron chi connectivity index (χ2n) is 9.55. The van der Waals surface area contributed by atoms with Crippen LogP contribution in [0.1, 0.15) is 44.7 Å². The first-order valence-corrected chi connectivity index (χ1v) is 13.1. The molecule has 0 radical (unpaired) electrons. The highest BCUT2D eigenvalue weighted by atomic mass is 16.5. The fraction of sp³-hybridized carbons (Fsp3) is 0.593. The largest absolute Gasteiger partial charge is 0.493 e. The molecule has 10 heteroatoms. The SMILES string of the molecule is CCOC(=O)C1=C(CN2CCN(C(=O)C3CCC3)CC2)N(CC)C(=O)N[C@@H]1c1ccc(OC)c(OC)c1. The number of benzene rings is 1. The third-order valence-corrected chi connectivity index (χ3v) is 7.50. The van der Waals surface area contributed by atoms with E-state index in [-0.39, 0.29) is 24.5 Å². The number of urea groups is 1. The maximum atomic E-state index is 13.4. The monoisotopic (exact) mass is 514 g/mol. The van der Waals surface area contributed by atoms with Gasteiger partial charge in [0.05, 0.1) is 32.4 Å². The number of ether oxygens (including phenoxy) is 3. The highest BCUT2D eigenvalue weighted by Crippen LogP contribution is 2.36. The van der Waals surface area contributed by atoms with Crippen LogP contribution >= 0.6 is 0 Å². The molecule has 0 spiro atoms. The zero-order valence-electron chi connectivity index (χ0n) is 22.2. The van der Waals surface area contributed by atoms with Crippen LogP contribution in [0, 0.1) is 5.92 Å². The minimum absolute atomic E-state index is 0.185. The number of esters is 1. The van der Waals surface area contributed by atoms with E-state index in [1.165, 1.54) is 0 Å². The Balaban J connectivity index is 1.64. The van der Waals surface area contributed by atoms with Crippen molar-refractivity contribution in [1.29, 1.82) is 0 Å². The zero-order valence-corrected chi connectivity index (χ0v) is 22.2. The first kappa shape index (κ1) is 26.8. The second-order valence-corrected chi connectivity index (χ2v) is 9.55. The predicted octanol–water partition coefficient (Wildman–Crippen LogP) is 2.55. The van der Waals surface area contributed by atoms with Crippen molar-refractivity contribution >= 4 is 17.9 Å². The van der Waals surface area contributed by atoms with Crippen molar-refractivity contribution in [2.45, 2.75) is 39.2 Å². The topological polar surface area (TPSA) is 101 Å². The number of amides is 3. The smallest absolute Gasteiger partial charge is 0.338 e. The van der Waals surface area contributed by atoms with Crippen molar-refractivity contribution in [3.05, 3.63) is 35.0 Å². The first-order chi connectivity index (χ1) is 17.9. The summed E-state index contributed by atoms with van der Waals surface area (Å²) in [6.45, 7) is 7.33. The van der Waals surface area contributed by atoms with Crippen LogP contribution in [0.15, 0.2) is 29.5 Å². The van der Waals surface area contributed by atoms with E-state index >= 15 is 0 Å². The fourth-order valence-corrected chi connectivity index (χ4v) is 5.19. The summed E-state index contributed by atoms with van der Waals surface area (Å²) in [5, 5.41) is 2.99. The van der Waals surface area contributed by atoms with E-state index in [1.54, 1.807) is 38.2 Å². The lowest BCUT2D eigenvalue weighted by molar-refractivity contribution is -0.140. The number of piperazine rings is 1. The minimum atomic E-state index is -0.703. The Morgan fingerprint density at radius 2 is 1.73 bits per heavy atom. The van der Waals surface area contributed by atoms with Gasteiger partial charge in [0.25, 0.3) is 0 Å². The van der Waals surface area contributed by atoms with Gasteiger partial charge in [0, 0.05) is 50.9 Å². The van der Waals surface area contributed by atoms with E-state index in [0.29, 0.717) is 67.6 Å². The number of rotatable bonds is 9. The van der Waals surface area contributed by atoms with Crippen LogP contribution in [0.5, 0.6) is 11.5 Å². The molecular weight excluding hydrogens is 476 g/mol. The van der Waals surface area contributed by atoms with Gasteiger partial charge in [0.2, 0.25) is 5.91 Å². The van der Waals surface area contributed by atoms with Crippen molar-refractivity contribution in [1.82, 2.24) is 20.0 Å². The highest BCUT2D eigenvalue weighted by Gasteiger charge is 2.39. The zero-order chi connectivity index (χ0) is 26.5. The van der Waals surface area contributed by atoms with E-state index in [1.807, 2.05) is 17.9 Å². The molecule has 1 aromatic carbocycles. The average molecular weight is 515 g/mol. The maximum Gasteiger partial charge on any atom is 0.338 e. The summed E-state index contributed by atoms with van der Waals surface area (Å²) in [4.78, 5) is 45.0. The number of carbonyl (C=O) groups is 3. The van der Waals surface area contributed by atoms with Gasteiger partial charge in [-0.3, -0.25) is 14.6 Å². The second kappa shape index (κ2) is 11.9. The molecule has 1 aromatic rings. The van der Waals surface area contributed by atoms with Crippen LogP contribution in [0.25, 0.3) is 0 Å². The van der Waals surface area contributed by atoms with Gasteiger partial charge in [-0.2, -0.15) is 0 Å². The molecule has 4 rings (SSSR count). The normalized spacial score (nSPS) is 20.9. The lowest BCUT2D eigenvalue weighted by Gasteiger charge is -2.41. The Labute approximate surface area is 218 Å². The molecule has 2 heterocycles. The van der Waals surface area contributed by atoms with Gasteiger partial charge in [-0.05, 0) is 44.4 Å². The van der Waals surface area contributed by atoms with Crippen LogP contribution in [0.3, 0.4) is 0 Å². The Morgan fingerprint density at radius 3 is 2.30 bits per heavy atom. The summed E-state index contributed by atoms with van der Waals surface area (Å²) in [6, 6.07) is 4.37. The molecule has 202 valence electrons. The number of methoxy groups -OCH3 is 2. The molecule has 1 atom stereocenters. The molecule has 0 bridgehead atoms. The number of hydrogen-bond acceptors (Lipinski definition) is 7. The van der Waals surface area contributed by atoms with Crippen molar-refractivity contribution < 1.29 is 28.6 Å². The predicted molar refractivity (Wildman–Crippen MR) is 137 cm³/mol. The Kier molecular flexibility index (Phi) is 8.58. The van der Waals surface area contributed by atoms with Crippen LogP contribution in [0.2, 0.25) is 0 Å². The van der Waals surface area contributed by atoms with Gasteiger partial charge in [-0.15, -0.1) is 0 Å². The molecular formula is C27H38N4O6. The molecule has 1 saturated heterocycles. The molecule has 3 amide bonds. The van der Waals surface area contributed by atoms with Crippen LogP contribution < -0.4 is 14.8 Å². The summed E-state index contributed by atoms with van der Waals surface area (Å²) in [6.07, 6.45) is 3.12. The molecule has 2 aliphatic heterocycles. The molecule has 37 heavy (non-hydrogen) atoms. The van der Waals surface area contributed by atoms with E-state index in [0.717, 1.165) is 19.3 Å². The van der Waals surface area contributed by atoms with Gasteiger partial charge >= 0.3 is 12.0 Å². The maximum absolute atomic E-state index is 13.4. The Morgan fingerprint density at radius 1 is 1.03 bits per heavy atom.